The highest BCUT2D eigenvalue weighted by molar-refractivity contribution is 6.27. The topological polar surface area (TPSA) is 32.8 Å². The molecule has 0 aromatic heterocycles. The molecule has 2 rings (SSSR count). The largest absolute Gasteiger partial charge is 0.378 e. The lowest BCUT2D eigenvalue weighted by Gasteiger charge is -2.29. The van der Waals surface area contributed by atoms with Gasteiger partial charge in [0.05, 0.1) is 13.2 Å². The molecule has 0 unspecified atom stereocenters. The standard InChI is InChI=1S/C14H19ClN2O2/c1-16(14(18)10-15)11-12-2-4-13(5-3-12)17-6-8-19-9-7-17/h2-5H,6-11H2,1H3. The van der Waals surface area contributed by atoms with E-state index in [0.717, 1.165) is 31.9 Å². The van der Waals surface area contributed by atoms with Crippen LogP contribution < -0.4 is 4.90 Å². The quantitative estimate of drug-likeness (QED) is 0.789. The number of morpholine rings is 1. The Morgan fingerprint density at radius 1 is 1.32 bits per heavy atom. The molecule has 0 N–H and O–H groups in total. The van der Waals surface area contributed by atoms with Crippen LogP contribution in [0.3, 0.4) is 0 Å². The zero-order chi connectivity index (χ0) is 13.7. The molecule has 104 valence electrons. The summed E-state index contributed by atoms with van der Waals surface area (Å²) in [4.78, 5) is 15.3. The first-order valence-corrected chi connectivity index (χ1v) is 6.95. The number of benzene rings is 1. The Balaban J connectivity index is 1.96. The van der Waals surface area contributed by atoms with E-state index in [-0.39, 0.29) is 11.8 Å². The first-order chi connectivity index (χ1) is 9.20. The van der Waals surface area contributed by atoms with Crippen molar-refractivity contribution in [3.8, 4) is 0 Å². The number of anilines is 1. The molecule has 5 heteroatoms. The van der Waals surface area contributed by atoms with Crippen molar-refractivity contribution in [2.75, 3.05) is 44.1 Å². The van der Waals surface area contributed by atoms with Gasteiger partial charge in [-0.1, -0.05) is 12.1 Å². The maximum atomic E-state index is 11.4. The molecule has 1 aromatic rings. The molecule has 1 heterocycles. The van der Waals surface area contributed by atoms with Crippen molar-refractivity contribution in [2.24, 2.45) is 0 Å². The molecule has 0 aliphatic carbocycles. The first kappa shape index (κ1) is 14.2. The van der Waals surface area contributed by atoms with Gasteiger partial charge >= 0.3 is 0 Å². The van der Waals surface area contributed by atoms with Crippen LogP contribution >= 0.6 is 11.6 Å². The molecule has 4 nitrogen and oxygen atoms in total. The molecule has 0 radical (unpaired) electrons. The smallest absolute Gasteiger partial charge is 0.237 e. The van der Waals surface area contributed by atoms with Gasteiger partial charge in [0, 0.05) is 32.4 Å². The molecule has 0 bridgehead atoms. The first-order valence-electron chi connectivity index (χ1n) is 6.42. The second kappa shape index (κ2) is 6.78. The molecule has 0 saturated carbocycles. The Morgan fingerprint density at radius 2 is 1.95 bits per heavy atom. The predicted octanol–water partition coefficient (Wildman–Crippen LogP) is 1.72. The summed E-state index contributed by atoms with van der Waals surface area (Å²) in [6.45, 7) is 4.03. The highest BCUT2D eigenvalue weighted by atomic mass is 35.5. The predicted molar refractivity (Wildman–Crippen MR) is 76.7 cm³/mol. The molecule has 1 aliphatic rings. The number of hydrogen-bond acceptors (Lipinski definition) is 3. The molecular weight excluding hydrogens is 264 g/mol. The van der Waals surface area contributed by atoms with Gasteiger partial charge in [-0.05, 0) is 17.7 Å². The van der Waals surface area contributed by atoms with Crippen molar-refractivity contribution >= 4 is 23.2 Å². The van der Waals surface area contributed by atoms with E-state index in [2.05, 4.69) is 29.2 Å². The van der Waals surface area contributed by atoms with Crippen molar-refractivity contribution in [1.82, 2.24) is 4.90 Å². The molecule has 19 heavy (non-hydrogen) atoms. The second-order valence-corrected chi connectivity index (χ2v) is 4.92. The number of carbonyl (C=O) groups is 1. The van der Waals surface area contributed by atoms with Gasteiger partial charge < -0.3 is 14.5 Å². The van der Waals surface area contributed by atoms with E-state index in [4.69, 9.17) is 16.3 Å². The maximum Gasteiger partial charge on any atom is 0.237 e. The van der Waals surface area contributed by atoms with Crippen molar-refractivity contribution in [2.45, 2.75) is 6.54 Å². The van der Waals surface area contributed by atoms with Crippen molar-refractivity contribution < 1.29 is 9.53 Å². The Hall–Kier alpha value is -1.26. The fourth-order valence-corrected chi connectivity index (χ4v) is 2.30. The van der Waals surface area contributed by atoms with E-state index in [1.54, 1.807) is 11.9 Å². The Kier molecular flexibility index (Phi) is 5.05. The summed E-state index contributed by atoms with van der Waals surface area (Å²) in [6.07, 6.45) is 0. The van der Waals surface area contributed by atoms with Crippen LogP contribution in [-0.2, 0) is 16.1 Å². The normalized spacial score (nSPS) is 15.4. The highest BCUT2D eigenvalue weighted by Crippen LogP contribution is 2.17. The molecule has 0 atom stereocenters. The van der Waals surface area contributed by atoms with Gasteiger partial charge in [-0.15, -0.1) is 11.6 Å². The van der Waals surface area contributed by atoms with E-state index < -0.39 is 0 Å². The number of rotatable bonds is 4. The van der Waals surface area contributed by atoms with Crippen molar-refractivity contribution in [3.63, 3.8) is 0 Å². The van der Waals surface area contributed by atoms with E-state index in [9.17, 15) is 4.79 Å². The lowest BCUT2D eigenvalue weighted by molar-refractivity contribution is -0.127. The Morgan fingerprint density at radius 3 is 2.53 bits per heavy atom. The fraction of sp³-hybridized carbons (Fsp3) is 0.500. The van der Waals surface area contributed by atoms with Crippen molar-refractivity contribution in [3.05, 3.63) is 29.8 Å². The Labute approximate surface area is 118 Å². The third-order valence-electron chi connectivity index (χ3n) is 3.27. The number of ether oxygens (including phenoxy) is 1. The summed E-state index contributed by atoms with van der Waals surface area (Å²) in [7, 11) is 1.76. The van der Waals surface area contributed by atoms with Crippen molar-refractivity contribution in [1.29, 1.82) is 0 Å². The van der Waals surface area contributed by atoms with E-state index in [1.165, 1.54) is 5.69 Å². The number of carbonyl (C=O) groups excluding carboxylic acids is 1. The summed E-state index contributed by atoms with van der Waals surface area (Å²) in [5.41, 5.74) is 2.32. The van der Waals surface area contributed by atoms with Gasteiger partial charge in [-0.2, -0.15) is 0 Å². The number of halogens is 1. The van der Waals surface area contributed by atoms with Gasteiger partial charge in [0.25, 0.3) is 0 Å². The molecule has 1 aliphatic heterocycles. The summed E-state index contributed by atoms with van der Waals surface area (Å²) in [6, 6.07) is 8.31. The molecule has 1 saturated heterocycles. The van der Waals surface area contributed by atoms with E-state index in [1.807, 2.05) is 0 Å². The van der Waals surface area contributed by atoms with E-state index in [0.29, 0.717) is 6.54 Å². The zero-order valence-corrected chi connectivity index (χ0v) is 11.9. The van der Waals surface area contributed by atoms with E-state index >= 15 is 0 Å². The van der Waals surface area contributed by atoms with Crippen LogP contribution in [0.4, 0.5) is 5.69 Å². The molecule has 1 aromatic carbocycles. The number of hydrogen-bond donors (Lipinski definition) is 0. The lowest BCUT2D eigenvalue weighted by Crippen LogP contribution is -2.36. The van der Waals surface area contributed by atoms with Crippen LogP contribution in [0.2, 0.25) is 0 Å². The number of alkyl halides is 1. The van der Waals surface area contributed by atoms with Gasteiger partial charge in [0.15, 0.2) is 0 Å². The van der Waals surface area contributed by atoms with Crippen LogP contribution in [0.15, 0.2) is 24.3 Å². The monoisotopic (exact) mass is 282 g/mol. The van der Waals surface area contributed by atoms with Gasteiger partial charge in [-0.25, -0.2) is 0 Å². The van der Waals surface area contributed by atoms with Gasteiger partial charge in [0.2, 0.25) is 5.91 Å². The van der Waals surface area contributed by atoms with Crippen LogP contribution in [0.5, 0.6) is 0 Å². The number of amides is 1. The third kappa shape index (κ3) is 3.85. The number of nitrogens with zero attached hydrogens (tertiary/aromatic N) is 2. The third-order valence-corrected chi connectivity index (χ3v) is 3.50. The van der Waals surface area contributed by atoms with Gasteiger partial charge in [0.1, 0.15) is 5.88 Å². The lowest BCUT2D eigenvalue weighted by atomic mass is 10.2. The molecule has 1 fully saturated rings. The summed E-state index contributed by atoms with van der Waals surface area (Å²) < 4.78 is 5.34. The van der Waals surface area contributed by atoms with Crippen LogP contribution in [-0.4, -0.2) is 50.0 Å². The molecular formula is C14H19ClN2O2. The second-order valence-electron chi connectivity index (χ2n) is 4.65. The molecule has 0 spiro atoms. The minimum atomic E-state index is -0.0566. The minimum Gasteiger partial charge on any atom is -0.378 e. The average molecular weight is 283 g/mol. The minimum absolute atomic E-state index is 0.0301. The van der Waals surface area contributed by atoms with Crippen LogP contribution in [0, 0.1) is 0 Å². The van der Waals surface area contributed by atoms with Crippen LogP contribution in [0.25, 0.3) is 0 Å². The summed E-state index contributed by atoms with van der Waals surface area (Å²) >= 11 is 5.53. The SMILES string of the molecule is CN(Cc1ccc(N2CCOCC2)cc1)C(=O)CCl. The average Bonchev–Trinajstić information content (AvgIpc) is 2.48. The highest BCUT2D eigenvalue weighted by Gasteiger charge is 2.11. The zero-order valence-electron chi connectivity index (χ0n) is 11.1. The Bertz CT molecular complexity index is 416. The molecule has 1 amide bonds. The fourth-order valence-electron chi connectivity index (χ4n) is 2.10. The maximum absolute atomic E-state index is 11.4. The summed E-state index contributed by atoms with van der Waals surface area (Å²) in [5, 5.41) is 0. The summed E-state index contributed by atoms with van der Waals surface area (Å²) in [5.74, 6) is -0.0264. The van der Waals surface area contributed by atoms with Gasteiger partial charge in [-0.3, -0.25) is 4.79 Å². The van der Waals surface area contributed by atoms with Crippen LogP contribution in [0.1, 0.15) is 5.56 Å².